The molecule has 0 aromatic carbocycles. The van der Waals surface area contributed by atoms with Crippen LogP contribution in [-0.2, 0) is 4.74 Å². The van der Waals surface area contributed by atoms with E-state index in [1.54, 1.807) is 26.0 Å². The highest BCUT2D eigenvalue weighted by atomic mass is 19.4. The van der Waals surface area contributed by atoms with E-state index in [-0.39, 0.29) is 19.1 Å². The van der Waals surface area contributed by atoms with E-state index in [1.165, 1.54) is 0 Å². The molecule has 0 unspecified atom stereocenters. The highest BCUT2D eigenvalue weighted by molar-refractivity contribution is 5.42. The lowest BCUT2D eigenvalue weighted by Crippen LogP contribution is -2.21. The maximum Gasteiger partial charge on any atom is 0.411 e. The first-order chi connectivity index (χ1) is 9.31. The van der Waals surface area contributed by atoms with Gasteiger partial charge in [0, 0.05) is 27.7 Å². The molecular weight excluding hydrogens is 277 g/mol. The van der Waals surface area contributed by atoms with E-state index >= 15 is 0 Å². The van der Waals surface area contributed by atoms with E-state index in [0.717, 1.165) is 0 Å². The molecule has 0 fully saturated rings. The van der Waals surface area contributed by atoms with Crippen molar-refractivity contribution in [3.8, 4) is 0 Å². The maximum absolute atomic E-state index is 11.9. The summed E-state index contributed by atoms with van der Waals surface area (Å²) in [4.78, 5) is 13.9. The molecule has 1 rings (SSSR count). The molecule has 0 aliphatic heterocycles. The molecule has 0 aliphatic rings. The number of nitrogens with zero attached hydrogens (tertiary/aromatic N) is 4. The second-order valence-corrected chi connectivity index (χ2v) is 4.02. The molecule has 20 heavy (non-hydrogen) atoms. The zero-order chi connectivity index (χ0) is 15.2. The van der Waals surface area contributed by atoms with Crippen LogP contribution in [0.4, 0.5) is 31.0 Å². The lowest BCUT2D eigenvalue weighted by molar-refractivity contribution is -0.172. The summed E-state index contributed by atoms with van der Waals surface area (Å²) in [7, 11) is 5.20. The third kappa shape index (κ3) is 5.87. The normalized spacial score (nSPS) is 11.3. The number of hydrogen-bond acceptors (Lipinski definition) is 7. The minimum absolute atomic E-state index is 0.0998. The van der Waals surface area contributed by atoms with Gasteiger partial charge in [-0.1, -0.05) is 0 Å². The summed E-state index contributed by atoms with van der Waals surface area (Å²) in [5.74, 6) is 1.06. The molecule has 1 heterocycles. The number of ether oxygens (including phenoxy) is 1. The molecule has 0 atom stereocenters. The van der Waals surface area contributed by atoms with E-state index in [0.29, 0.717) is 11.9 Å². The van der Waals surface area contributed by atoms with Crippen molar-refractivity contribution in [3.63, 3.8) is 0 Å². The van der Waals surface area contributed by atoms with Crippen LogP contribution >= 0.6 is 0 Å². The monoisotopic (exact) mass is 294 g/mol. The fourth-order valence-corrected chi connectivity index (χ4v) is 1.18. The standard InChI is InChI=1S/C10H17F3N6O/c1-14-7-16-8(18-9(17-7)19(2)3)15-4-5-20-6-10(11,12)13/h4-6H2,1-3H3,(H2,14,15,16,17,18). The smallest absolute Gasteiger partial charge is 0.370 e. The first-order valence-corrected chi connectivity index (χ1v) is 5.81. The van der Waals surface area contributed by atoms with Crippen molar-refractivity contribution in [2.24, 2.45) is 0 Å². The zero-order valence-corrected chi connectivity index (χ0v) is 11.5. The molecule has 1 aromatic heterocycles. The quantitative estimate of drug-likeness (QED) is 0.726. The largest absolute Gasteiger partial charge is 0.411 e. The van der Waals surface area contributed by atoms with Crippen LogP contribution in [-0.4, -0.2) is 62.0 Å². The summed E-state index contributed by atoms with van der Waals surface area (Å²) in [6.07, 6.45) is -4.31. The summed E-state index contributed by atoms with van der Waals surface area (Å²) in [6, 6.07) is 0. The van der Waals surface area contributed by atoms with Crippen LogP contribution in [0.3, 0.4) is 0 Å². The van der Waals surface area contributed by atoms with Crippen molar-refractivity contribution in [2.75, 3.05) is 56.4 Å². The van der Waals surface area contributed by atoms with Crippen LogP contribution in [0.25, 0.3) is 0 Å². The van der Waals surface area contributed by atoms with Crippen molar-refractivity contribution in [1.29, 1.82) is 0 Å². The number of anilines is 3. The van der Waals surface area contributed by atoms with E-state index in [2.05, 4.69) is 30.3 Å². The number of rotatable bonds is 7. The molecule has 0 aliphatic carbocycles. The Morgan fingerprint density at radius 3 is 2.35 bits per heavy atom. The molecule has 0 bridgehead atoms. The second-order valence-electron chi connectivity index (χ2n) is 4.02. The van der Waals surface area contributed by atoms with Gasteiger partial charge in [-0.15, -0.1) is 0 Å². The number of alkyl halides is 3. The molecule has 1 aromatic rings. The van der Waals surface area contributed by atoms with Gasteiger partial charge in [0.05, 0.1) is 6.61 Å². The third-order valence-electron chi connectivity index (χ3n) is 2.04. The van der Waals surface area contributed by atoms with E-state index in [9.17, 15) is 13.2 Å². The average molecular weight is 294 g/mol. The van der Waals surface area contributed by atoms with Gasteiger partial charge in [-0.05, 0) is 0 Å². The Hall–Kier alpha value is -1.84. The van der Waals surface area contributed by atoms with E-state index in [4.69, 9.17) is 0 Å². The van der Waals surface area contributed by atoms with Gasteiger partial charge < -0.3 is 20.3 Å². The molecule has 0 spiro atoms. The molecule has 7 nitrogen and oxygen atoms in total. The molecule has 0 saturated carbocycles. The van der Waals surface area contributed by atoms with E-state index < -0.39 is 12.8 Å². The van der Waals surface area contributed by atoms with Gasteiger partial charge in [0.15, 0.2) is 0 Å². The van der Waals surface area contributed by atoms with Gasteiger partial charge in [0.2, 0.25) is 17.8 Å². The zero-order valence-electron chi connectivity index (χ0n) is 11.5. The summed E-state index contributed by atoms with van der Waals surface area (Å²) in [5.41, 5.74) is 0. The molecule has 0 radical (unpaired) electrons. The molecular formula is C10H17F3N6O. The maximum atomic E-state index is 11.9. The number of aromatic nitrogens is 3. The molecule has 0 saturated heterocycles. The Morgan fingerprint density at radius 1 is 1.15 bits per heavy atom. The van der Waals surface area contributed by atoms with Crippen LogP contribution < -0.4 is 15.5 Å². The summed E-state index contributed by atoms with van der Waals surface area (Å²) >= 11 is 0. The van der Waals surface area contributed by atoms with Gasteiger partial charge in [-0.25, -0.2) is 0 Å². The Balaban J connectivity index is 2.49. The Bertz CT molecular complexity index is 426. The summed E-state index contributed by atoms with van der Waals surface area (Å²) in [6.45, 7) is -1.20. The Kier molecular flexibility index (Phi) is 5.74. The number of hydrogen-bond donors (Lipinski definition) is 2. The Morgan fingerprint density at radius 2 is 1.80 bits per heavy atom. The van der Waals surface area contributed by atoms with Crippen molar-refractivity contribution < 1.29 is 17.9 Å². The fraction of sp³-hybridized carbons (Fsp3) is 0.700. The van der Waals surface area contributed by atoms with Gasteiger partial charge >= 0.3 is 6.18 Å². The van der Waals surface area contributed by atoms with Gasteiger partial charge in [-0.2, -0.15) is 28.1 Å². The number of halogens is 3. The second kappa shape index (κ2) is 7.08. The van der Waals surface area contributed by atoms with Crippen LogP contribution in [0, 0.1) is 0 Å². The lowest BCUT2D eigenvalue weighted by Gasteiger charge is -2.13. The van der Waals surface area contributed by atoms with Gasteiger partial charge in [-0.3, -0.25) is 0 Å². The van der Waals surface area contributed by atoms with E-state index in [1.807, 2.05) is 0 Å². The van der Waals surface area contributed by atoms with Gasteiger partial charge in [0.1, 0.15) is 6.61 Å². The predicted molar refractivity (Wildman–Crippen MR) is 69.1 cm³/mol. The summed E-state index contributed by atoms with van der Waals surface area (Å²) < 4.78 is 40.0. The average Bonchev–Trinajstić information content (AvgIpc) is 2.36. The molecule has 0 amide bonds. The van der Waals surface area contributed by atoms with Crippen molar-refractivity contribution >= 4 is 17.8 Å². The molecule has 10 heteroatoms. The SMILES string of the molecule is CNc1nc(NCCOCC(F)(F)F)nc(N(C)C)n1. The summed E-state index contributed by atoms with van der Waals surface area (Å²) in [5, 5.41) is 5.55. The highest BCUT2D eigenvalue weighted by Gasteiger charge is 2.27. The predicted octanol–water partition coefficient (Wildman–Crippen LogP) is 0.970. The highest BCUT2D eigenvalue weighted by Crippen LogP contribution is 2.14. The molecule has 114 valence electrons. The first-order valence-electron chi connectivity index (χ1n) is 5.81. The van der Waals surface area contributed by atoms with Gasteiger partial charge in [0.25, 0.3) is 0 Å². The lowest BCUT2D eigenvalue weighted by atomic mass is 10.6. The van der Waals surface area contributed by atoms with Crippen molar-refractivity contribution in [3.05, 3.63) is 0 Å². The number of nitrogens with one attached hydrogen (secondary N) is 2. The van der Waals surface area contributed by atoms with Crippen molar-refractivity contribution in [1.82, 2.24) is 15.0 Å². The van der Waals surface area contributed by atoms with Crippen LogP contribution in [0.5, 0.6) is 0 Å². The van der Waals surface area contributed by atoms with Crippen LogP contribution in [0.2, 0.25) is 0 Å². The fourth-order valence-electron chi connectivity index (χ4n) is 1.18. The third-order valence-corrected chi connectivity index (χ3v) is 2.04. The van der Waals surface area contributed by atoms with Crippen LogP contribution in [0.1, 0.15) is 0 Å². The molecule has 2 N–H and O–H groups in total. The topological polar surface area (TPSA) is 75.2 Å². The first kappa shape index (κ1) is 16.2. The Labute approximate surface area is 114 Å². The van der Waals surface area contributed by atoms with Crippen molar-refractivity contribution in [2.45, 2.75) is 6.18 Å². The van der Waals surface area contributed by atoms with Crippen LogP contribution in [0.15, 0.2) is 0 Å². The minimum Gasteiger partial charge on any atom is -0.370 e. The minimum atomic E-state index is -4.31.